The van der Waals surface area contributed by atoms with E-state index >= 15 is 0 Å². The van der Waals surface area contributed by atoms with Crippen molar-refractivity contribution in [3.8, 4) is 17.2 Å². The highest BCUT2D eigenvalue weighted by Crippen LogP contribution is 2.54. The summed E-state index contributed by atoms with van der Waals surface area (Å²) in [4.78, 5) is 55.9. The van der Waals surface area contributed by atoms with E-state index < -0.39 is 23.0 Å². The van der Waals surface area contributed by atoms with Gasteiger partial charge in [0.05, 0.1) is 38.0 Å². The number of anilines is 2. The average molecular weight is 618 g/mol. The molecule has 0 aliphatic carbocycles. The Morgan fingerprint density at radius 1 is 0.860 bits per heavy atom. The van der Waals surface area contributed by atoms with Crippen molar-refractivity contribution in [1.29, 1.82) is 0 Å². The molecule has 3 amide bonds. The molecule has 0 unspecified atom stereocenters. The van der Waals surface area contributed by atoms with Crippen LogP contribution in [0.1, 0.15) is 16.4 Å². The van der Waals surface area contributed by atoms with Crippen LogP contribution in [0.15, 0.2) is 82.6 Å². The fraction of sp³-hybridized carbons (Fsp3) is 0.226. The number of ether oxygens (including phenoxy) is 3. The first kappa shape index (κ1) is 28.6. The smallest absolute Gasteiger partial charge is 0.308 e. The molecule has 43 heavy (non-hydrogen) atoms. The van der Waals surface area contributed by atoms with Gasteiger partial charge in [-0.05, 0) is 54.1 Å². The van der Waals surface area contributed by atoms with Crippen molar-refractivity contribution in [3.63, 3.8) is 0 Å². The van der Waals surface area contributed by atoms with E-state index in [2.05, 4.69) is 5.32 Å². The topological polar surface area (TPSA) is 116 Å². The number of imide groups is 1. The van der Waals surface area contributed by atoms with E-state index in [4.69, 9.17) is 14.2 Å². The standard InChI is InChI=1S/C31H27N3O7S2/c1-39-20-12-10-18(11-13-20)32-23(35)16-33-30-27(43-31(33)38)24(17-9-14-21(40-2)22(15-17)41-3)25-26(42-30)29(37)34(28(25)36)19-7-5-4-6-8-19/h4-15,24-26H,16H2,1-3H3,(H,32,35)/t24-,25-,26+/m0/s1. The summed E-state index contributed by atoms with van der Waals surface area (Å²) >= 11 is 2.14. The number of thioether (sulfide) groups is 1. The number of thiazole rings is 1. The molecule has 1 N–H and O–H groups in total. The van der Waals surface area contributed by atoms with Crippen LogP contribution in [0, 0.1) is 5.92 Å². The third kappa shape index (κ3) is 5.06. The second kappa shape index (κ2) is 11.6. The van der Waals surface area contributed by atoms with Crippen LogP contribution in [-0.2, 0) is 20.9 Å². The number of methoxy groups -OCH3 is 3. The Kier molecular flexibility index (Phi) is 7.72. The minimum Gasteiger partial charge on any atom is -0.497 e. The molecule has 0 radical (unpaired) electrons. The van der Waals surface area contributed by atoms with Gasteiger partial charge in [-0.1, -0.05) is 47.4 Å². The summed E-state index contributed by atoms with van der Waals surface area (Å²) in [7, 11) is 4.60. The summed E-state index contributed by atoms with van der Waals surface area (Å²) in [5.74, 6) is -0.907. The van der Waals surface area contributed by atoms with E-state index in [0.717, 1.165) is 23.1 Å². The van der Waals surface area contributed by atoms with E-state index in [1.165, 1.54) is 23.7 Å². The average Bonchev–Trinajstić information content (AvgIpc) is 3.47. The lowest BCUT2D eigenvalue weighted by molar-refractivity contribution is -0.122. The van der Waals surface area contributed by atoms with E-state index in [1.54, 1.807) is 67.8 Å². The van der Waals surface area contributed by atoms with Crippen LogP contribution in [0.25, 0.3) is 0 Å². The van der Waals surface area contributed by atoms with E-state index in [1.807, 2.05) is 12.1 Å². The lowest BCUT2D eigenvalue weighted by Crippen LogP contribution is -2.33. The zero-order chi connectivity index (χ0) is 30.2. The fourth-order valence-electron chi connectivity index (χ4n) is 5.51. The number of hydrogen-bond donors (Lipinski definition) is 1. The van der Waals surface area contributed by atoms with Crippen molar-refractivity contribution in [1.82, 2.24) is 4.57 Å². The van der Waals surface area contributed by atoms with Gasteiger partial charge in [0, 0.05) is 16.5 Å². The highest BCUT2D eigenvalue weighted by atomic mass is 32.2. The summed E-state index contributed by atoms with van der Waals surface area (Å²) in [5.41, 5.74) is 1.73. The summed E-state index contributed by atoms with van der Waals surface area (Å²) in [5, 5.41) is 2.50. The van der Waals surface area contributed by atoms with Crippen LogP contribution < -0.4 is 29.3 Å². The van der Waals surface area contributed by atoms with Gasteiger partial charge >= 0.3 is 4.87 Å². The number of fused-ring (bicyclic) bond motifs is 2. The first-order chi connectivity index (χ1) is 20.8. The number of hydrogen-bond acceptors (Lipinski definition) is 9. The van der Waals surface area contributed by atoms with Gasteiger partial charge in [-0.15, -0.1) is 0 Å². The van der Waals surface area contributed by atoms with Crippen LogP contribution >= 0.6 is 23.1 Å². The molecule has 0 bridgehead atoms. The number of carbonyl (C=O) groups excluding carboxylic acids is 3. The molecule has 6 rings (SSSR count). The second-order valence-corrected chi connectivity index (χ2v) is 12.0. The van der Waals surface area contributed by atoms with Crippen LogP contribution in [0.4, 0.5) is 11.4 Å². The number of nitrogens with zero attached hydrogens (tertiary/aromatic N) is 2. The quantitative estimate of drug-likeness (QED) is 0.290. The maximum Gasteiger partial charge on any atom is 0.308 e. The molecule has 3 aromatic carbocycles. The third-order valence-electron chi connectivity index (χ3n) is 7.51. The monoisotopic (exact) mass is 617 g/mol. The van der Waals surface area contributed by atoms with Crippen molar-refractivity contribution < 1.29 is 28.6 Å². The molecule has 2 aliphatic rings. The third-order valence-corrected chi connectivity index (χ3v) is 10.1. The highest BCUT2D eigenvalue weighted by molar-refractivity contribution is 8.00. The number of nitrogens with one attached hydrogen (secondary N) is 1. The lowest BCUT2D eigenvalue weighted by Gasteiger charge is -2.31. The fourth-order valence-corrected chi connectivity index (χ4v) is 8.28. The van der Waals surface area contributed by atoms with Crippen molar-refractivity contribution in [2.24, 2.45) is 5.92 Å². The highest BCUT2D eigenvalue weighted by Gasteiger charge is 2.57. The predicted octanol–water partition coefficient (Wildman–Crippen LogP) is 4.37. The van der Waals surface area contributed by atoms with Gasteiger partial charge in [-0.25, -0.2) is 4.90 Å². The van der Waals surface area contributed by atoms with Crippen molar-refractivity contribution in [3.05, 3.63) is 92.9 Å². The Hall–Kier alpha value is -4.55. The molecule has 10 nitrogen and oxygen atoms in total. The first-order valence-corrected chi connectivity index (χ1v) is 15.0. The molecule has 3 heterocycles. The molecule has 0 saturated carbocycles. The van der Waals surface area contributed by atoms with E-state index in [0.29, 0.717) is 44.1 Å². The Bertz CT molecular complexity index is 1770. The molecule has 220 valence electrons. The number of carbonyl (C=O) groups is 3. The van der Waals surface area contributed by atoms with Crippen molar-refractivity contribution in [2.45, 2.75) is 22.7 Å². The molecular weight excluding hydrogens is 590 g/mol. The van der Waals surface area contributed by atoms with Crippen molar-refractivity contribution in [2.75, 3.05) is 31.5 Å². The van der Waals surface area contributed by atoms with E-state index in [9.17, 15) is 19.2 Å². The summed E-state index contributed by atoms with van der Waals surface area (Å²) in [6.45, 7) is -0.260. The minimum absolute atomic E-state index is 0.260. The predicted molar refractivity (Wildman–Crippen MR) is 164 cm³/mol. The molecule has 1 saturated heterocycles. The number of rotatable bonds is 8. The van der Waals surface area contributed by atoms with Crippen LogP contribution in [0.2, 0.25) is 0 Å². The number of aromatic nitrogens is 1. The summed E-state index contributed by atoms with van der Waals surface area (Å²) < 4.78 is 17.5. The second-order valence-electron chi connectivity index (χ2n) is 9.90. The van der Waals surface area contributed by atoms with Gasteiger partial charge in [-0.2, -0.15) is 0 Å². The molecule has 2 aliphatic heterocycles. The molecule has 4 aromatic rings. The Morgan fingerprint density at radius 3 is 2.26 bits per heavy atom. The maximum absolute atomic E-state index is 14.0. The van der Waals surface area contributed by atoms with Crippen LogP contribution in [-0.4, -0.2) is 48.9 Å². The minimum atomic E-state index is -0.803. The van der Waals surface area contributed by atoms with Gasteiger partial charge < -0.3 is 19.5 Å². The zero-order valence-electron chi connectivity index (χ0n) is 23.4. The van der Waals surface area contributed by atoms with Gasteiger partial charge in [-0.3, -0.25) is 23.7 Å². The van der Waals surface area contributed by atoms with Gasteiger partial charge in [0.2, 0.25) is 17.7 Å². The molecule has 1 fully saturated rings. The van der Waals surface area contributed by atoms with E-state index in [-0.39, 0.29) is 23.2 Å². The van der Waals surface area contributed by atoms with Crippen molar-refractivity contribution >= 4 is 52.2 Å². The first-order valence-electron chi connectivity index (χ1n) is 13.3. The van der Waals surface area contributed by atoms with Gasteiger partial charge in [0.15, 0.2) is 11.5 Å². The molecule has 3 atom stereocenters. The number of benzene rings is 3. The molecule has 1 aromatic heterocycles. The van der Waals surface area contributed by atoms with Crippen LogP contribution in [0.3, 0.4) is 0 Å². The summed E-state index contributed by atoms with van der Waals surface area (Å²) in [6, 6.07) is 21.0. The van der Waals surface area contributed by atoms with Gasteiger partial charge in [0.1, 0.15) is 17.5 Å². The lowest BCUT2D eigenvalue weighted by atomic mass is 9.83. The molecule has 12 heteroatoms. The van der Waals surface area contributed by atoms with Crippen LogP contribution in [0.5, 0.6) is 17.2 Å². The molecular formula is C31H27N3O7S2. The number of para-hydroxylation sites is 1. The maximum atomic E-state index is 14.0. The Labute approximate surface area is 255 Å². The molecule has 0 spiro atoms. The van der Waals surface area contributed by atoms with Gasteiger partial charge in [0.25, 0.3) is 0 Å². The Morgan fingerprint density at radius 2 is 1.58 bits per heavy atom. The largest absolute Gasteiger partial charge is 0.497 e. The zero-order valence-corrected chi connectivity index (χ0v) is 25.1. The number of amides is 3. The normalized spacial score (nSPS) is 19.0. The Balaban J connectivity index is 1.42. The SMILES string of the molecule is COc1ccc(NC(=O)Cn2c3c(sc2=O)[C@@H](c2ccc(OC)c(OC)c2)[C@@H]2C(=O)N(c4ccccc4)C(=O)[C@@H]2S3)cc1. The summed E-state index contributed by atoms with van der Waals surface area (Å²) in [6.07, 6.45) is 0.